The Kier molecular flexibility index (Phi) is 5.13. The number of aromatic nitrogens is 2. The van der Waals surface area contributed by atoms with E-state index in [0.717, 1.165) is 15.8 Å². The zero-order valence-corrected chi connectivity index (χ0v) is 15.7. The first kappa shape index (κ1) is 18.2. The molecule has 26 heavy (non-hydrogen) atoms. The molecule has 1 N–H and O–H groups in total. The molecular formula is C18H20N4O3S. The molecule has 0 spiro atoms. The van der Waals surface area contributed by atoms with Gasteiger partial charge in [0.15, 0.2) is 0 Å². The van der Waals surface area contributed by atoms with Crippen LogP contribution in [-0.4, -0.2) is 33.9 Å². The number of anilines is 2. The molecule has 0 unspecified atom stereocenters. The third kappa shape index (κ3) is 3.50. The molecule has 2 heterocycles. The lowest BCUT2D eigenvalue weighted by Gasteiger charge is -2.27. The Labute approximate surface area is 155 Å². The number of fused-ring (bicyclic) bond motifs is 1. The van der Waals surface area contributed by atoms with E-state index in [1.54, 1.807) is 6.20 Å². The van der Waals surface area contributed by atoms with Crippen LogP contribution in [0.4, 0.5) is 11.4 Å². The fourth-order valence-electron chi connectivity index (χ4n) is 2.80. The minimum Gasteiger partial charge on any atom is -0.324 e. The maximum absolute atomic E-state index is 12.8. The number of aryl methyl sites for hydroxylation is 2. The first-order valence-corrected chi connectivity index (χ1v) is 9.29. The van der Waals surface area contributed by atoms with Crippen molar-refractivity contribution in [2.45, 2.75) is 32.2 Å². The smallest absolute Gasteiger partial charge is 0.292 e. The molecule has 2 amide bonds. The second-order valence-electron chi connectivity index (χ2n) is 6.11. The fraction of sp³-hybridized carbons (Fsp3) is 0.333. The van der Waals surface area contributed by atoms with Gasteiger partial charge in [-0.15, -0.1) is 11.8 Å². The van der Waals surface area contributed by atoms with E-state index in [2.05, 4.69) is 10.4 Å². The van der Waals surface area contributed by atoms with Gasteiger partial charge in [-0.2, -0.15) is 5.10 Å². The molecule has 1 aliphatic heterocycles. The molecule has 1 aromatic carbocycles. The number of nitrogens with zero attached hydrogens (tertiary/aromatic N) is 3. The van der Waals surface area contributed by atoms with Crippen LogP contribution in [0.1, 0.15) is 18.1 Å². The lowest BCUT2D eigenvalue weighted by atomic mass is 10.1. The van der Waals surface area contributed by atoms with E-state index in [-0.39, 0.29) is 18.4 Å². The van der Waals surface area contributed by atoms with Gasteiger partial charge in [0.05, 0.1) is 16.8 Å². The number of thioether (sulfide) groups is 1. The number of carbonyl (C=O) groups is 2. The highest BCUT2D eigenvalue weighted by Gasteiger charge is 2.28. The monoisotopic (exact) mass is 372 g/mol. The summed E-state index contributed by atoms with van der Waals surface area (Å²) in [5.41, 5.74) is 2.56. The van der Waals surface area contributed by atoms with Gasteiger partial charge in [-0.25, -0.2) is 4.68 Å². The van der Waals surface area contributed by atoms with E-state index < -0.39 is 5.56 Å². The van der Waals surface area contributed by atoms with E-state index in [4.69, 9.17) is 0 Å². The van der Waals surface area contributed by atoms with Gasteiger partial charge in [-0.1, -0.05) is 12.1 Å². The van der Waals surface area contributed by atoms with Gasteiger partial charge in [0.2, 0.25) is 11.8 Å². The maximum Gasteiger partial charge on any atom is 0.292 e. The van der Waals surface area contributed by atoms with Crippen LogP contribution in [0.15, 0.2) is 34.1 Å². The second kappa shape index (κ2) is 7.33. The van der Waals surface area contributed by atoms with Gasteiger partial charge >= 0.3 is 0 Å². The van der Waals surface area contributed by atoms with Crippen LogP contribution >= 0.6 is 11.8 Å². The van der Waals surface area contributed by atoms with Gasteiger partial charge in [-0.05, 0) is 38.0 Å². The lowest BCUT2D eigenvalue weighted by Crippen LogP contribution is -2.42. The molecule has 0 saturated heterocycles. The first-order valence-electron chi connectivity index (χ1n) is 8.31. The van der Waals surface area contributed by atoms with Gasteiger partial charge in [-0.3, -0.25) is 14.4 Å². The number of hydrogen-bond donors (Lipinski definition) is 1. The van der Waals surface area contributed by atoms with Crippen LogP contribution in [0.2, 0.25) is 0 Å². The molecule has 136 valence electrons. The Morgan fingerprint density at radius 2 is 2.08 bits per heavy atom. The number of amides is 2. The van der Waals surface area contributed by atoms with E-state index in [1.165, 1.54) is 16.7 Å². The summed E-state index contributed by atoms with van der Waals surface area (Å²) in [7, 11) is 0. The summed E-state index contributed by atoms with van der Waals surface area (Å²) >= 11 is 1.30. The van der Waals surface area contributed by atoms with Crippen LogP contribution in [0.5, 0.6) is 0 Å². The van der Waals surface area contributed by atoms with Crippen molar-refractivity contribution in [1.82, 2.24) is 9.78 Å². The topological polar surface area (TPSA) is 84.3 Å². The van der Waals surface area contributed by atoms with Crippen LogP contribution in [0, 0.1) is 13.8 Å². The molecule has 1 aliphatic rings. The SMILES string of the molecule is CCN1C(=O)CSc2cnn(CC(=O)Nc3cc(C)ccc3C)c(=O)c21. The molecule has 0 atom stereocenters. The van der Waals surface area contributed by atoms with Crippen molar-refractivity contribution in [3.63, 3.8) is 0 Å². The van der Waals surface area contributed by atoms with Crippen LogP contribution in [0.3, 0.4) is 0 Å². The number of benzene rings is 1. The largest absolute Gasteiger partial charge is 0.324 e. The molecule has 1 aromatic heterocycles. The number of nitrogens with one attached hydrogen (secondary N) is 1. The summed E-state index contributed by atoms with van der Waals surface area (Å²) in [4.78, 5) is 39.3. The predicted molar refractivity (Wildman–Crippen MR) is 102 cm³/mol. The van der Waals surface area contributed by atoms with Crippen LogP contribution in [-0.2, 0) is 16.1 Å². The normalized spacial score (nSPS) is 13.5. The third-order valence-corrected chi connectivity index (χ3v) is 5.18. The first-order chi connectivity index (χ1) is 12.4. The summed E-state index contributed by atoms with van der Waals surface area (Å²) in [6, 6.07) is 5.77. The van der Waals surface area contributed by atoms with E-state index in [1.807, 2.05) is 39.0 Å². The minimum absolute atomic E-state index is 0.111. The molecule has 0 fully saturated rings. The summed E-state index contributed by atoms with van der Waals surface area (Å²) in [5, 5.41) is 6.91. The molecule has 3 rings (SSSR count). The van der Waals surface area contributed by atoms with Crippen molar-refractivity contribution in [2.24, 2.45) is 0 Å². The molecule has 7 nitrogen and oxygen atoms in total. The van der Waals surface area contributed by atoms with Crippen molar-refractivity contribution in [3.8, 4) is 0 Å². The number of rotatable bonds is 4. The Bertz CT molecular complexity index is 939. The zero-order valence-electron chi connectivity index (χ0n) is 14.9. The van der Waals surface area contributed by atoms with Crippen molar-refractivity contribution < 1.29 is 9.59 Å². The van der Waals surface area contributed by atoms with Gasteiger partial charge < -0.3 is 10.2 Å². The Morgan fingerprint density at radius 1 is 1.31 bits per heavy atom. The van der Waals surface area contributed by atoms with Crippen LogP contribution < -0.4 is 15.8 Å². The average molecular weight is 372 g/mol. The third-order valence-electron chi connectivity index (χ3n) is 4.18. The van der Waals surface area contributed by atoms with Crippen LogP contribution in [0.25, 0.3) is 0 Å². The highest BCUT2D eigenvalue weighted by atomic mass is 32.2. The highest BCUT2D eigenvalue weighted by Crippen LogP contribution is 2.31. The molecule has 2 aromatic rings. The second-order valence-corrected chi connectivity index (χ2v) is 7.13. The van der Waals surface area contributed by atoms with E-state index >= 15 is 0 Å². The van der Waals surface area contributed by atoms with Crippen molar-refractivity contribution in [3.05, 3.63) is 45.9 Å². The van der Waals surface area contributed by atoms with Crippen molar-refractivity contribution in [1.29, 1.82) is 0 Å². The van der Waals surface area contributed by atoms with Crippen molar-refractivity contribution >= 4 is 35.0 Å². The average Bonchev–Trinajstić information content (AvgIpc) is 2.61. The molecule has 8 heteroatoms. The summed E-state index contributed by atoms with van der Waals surface area (Å²) < 4.78 is 1.10. The van der Waals surface area contributed by atoms with Gasteiger partial charge in [0.1, 0.15) is 12.2 Å². The summed E-state index contributed by atoms with van der Waals surface area (Å²) in [6.45, 7) is 5.85. The number of hydrogen-bond acceptors (Lipinski definition) is 5. The molecule has 0 radical (unpaired) electrons. The fourth-order valence-corrected chi connectivity index (χ4v) is 3.69. The van der Waals surface area contributed by atoms with Gasteiger partial charge in [0, 0.05) is 12.2 Å². The molecule has 0 bridgehead atoms. The quantitative estimate of drug-likeness (QED) is 0.887. The van der Waals surface area contributed by atoms with E-state index in [0.29, 0.717) is 28.6 Å². The summed E-state index contributed by atoms with van der Waals surface area (Å²) in [6.07, 6.45) is 1.54. The molecule has 0 aliphatic carbocycles. The standard InChI is InChI=1S/C18H20N4O3S/c1-4-21-16(24)10-26-14-8-19-22(18(25)17(14)21)9-15(23)20-13-7-11(2)5-6-12(13)3/h5-8H,4,9-10H2,1-3H3,(H,20,23). The number of carbonyl (C=O) groups excluding carboxylic acids is 2. The minimum atomic E-state index is -0.430. The zero-order chi connectivity index (χ0) is 18.8. The Balaban J connectivity index is 1.86. The lowest BCUT2D eigenvalue weighted by molar-refractivity contribution is -0.117. The van der Waals surface area contributed by atoms with Gasteiger partial charge in [0.25, 0.3) is 5.56 Å². The maximum atomic E-state index is 12.8. The molecular weight excluding hydrogens is 352 g/mol. The highest BCUT2D eigenvalue weighted by molar-refractivity contribution is 8.00. The molecule has 0 saturated carbocycles. The Morgan fingerprint density at radius 3 is 2.81 bits per heavy atom. The summed E-state index contributed by atoms with van der Waals surface area (Å²) in [5.74, 6) is -0.162. The Hall–Kier alpha value is -2.61. The van der Waals surface area contributed by atoms with Crippen molar-refractivity contribution in [2.75, 3.05) is 22.5 Å². The van der Waals surface area contributed by atoms with E-state index in [9.17, 15) is 14.4 Å². The predicted octanol–water partition coefficient (Wildman–Crippen LogP) is 1.96.